The van der Waals surface area contributed by atoms with Crippen LogP contribution in [0, 0.1) is 0 Å². The van der Waals surface area contributed by atoms with Gasteiger partial charge in [-0.3, -0.25) is 0 Å². The second kappa shape index (κ2) is 6.31. The highest BCUT2D eigenvalue weighted by molar-refractivity contribution is 5.69. The highest BCUT2D eigenvalue weighted by atomic mass is 19.3. The Morgan fingerprint density at radius 1 is 1.24 bits per heavy atom. The van der Waals surface area contributed by atoms with Gasteiger partial charge in [0.05, 0.1) is 37.5 Å². The lowest BCUT2D eigenvalue weighted by atomic mass is 9.95. The van der Waals surface area contributed by atoms with E-state index >= 15 is 0 Å². The largest absolute Gasteiger partial charge is 0.431 e. The first-order chi connectivity index (χ1) is 13.8. The van der Waals surface area contributed by atoms with Crippen molar-refractivity contribution >= 4 is 17.6 Å². The molecule has 3 saturated heterocycles. The van der Waals surface area contributed by atoms with Crippen LogP contribution in [0.4, 0.5) is 35.1 Å². The summed E-state index contributed by atoms with van der Waals surface area (Å²) in [4.78, 5) is 16.0. The minimum absolute atomic E-state index is 0.139. The predicted octanol–water partition coefficient (Wildman–Crippen LogP) is 1.76. The lowest BCUT2D eigenvalue weighted by molar-refractivity contribution is -0.113. The molecule has 5 rings (SSSR count). The topological polar surface area (TPSA) is 89.6 Å². The number of pyridine rings is 1. The van der Waals surface area contributed by atoms with Gasteiger partial charge in [-0.15, -0.1) is 0 Å². The van der Waals surface area contributed by atoms with Gasteiger partial charge in [-0.25, -0.2) is 18.7 Å². The summed E-state index contributed by atoms with van der Waals surface area (Å²) < 4.78 is 61.7. The van der Waals surface area contributed by atoms with Crippen LogP contribution in [0.5, 0.6) is 5.75 Å². The van der Waals surface area contributed by atoms with Gasteiger partial charge < -0.3 is 25.0 Å². The standard InChI is InChI=1S/C17H16F4N6O2/c18-15(19)29-11-1-8(3-23-14(11)22)9-2-13(27-4-12-10(27)5-28-12)25-16(24-9)26-6-17(20,21)7-26/h1-3,10,12,15H,4-7H2,(H2,22,23)/t10-,12?/m1/s1. The molecule has 8 nitrogen and oxygen atoms in total. The molecule has 154 valence electrons. The van der Waals surface area contributed by atoms with Gasteiger partial charge in [0.25, 0.3) is 5.92 Å². The minimum atomic E-state index is -3.06. The van der Waals surface area contributed by atoms with Gasteiger partial charge in [-0.05, 0) is 6.07 Å². The number of morpholine rings is 1. The Morgan fingerprint density at radius 2 is 2.03 bits per heavy atom. The van der Waals surface area contributed by atoms with Crippen molar-refractivity contribution in [2.75, 3.05) is 41.8 Å². The molecule has 0 amide bonds. The number of nitrogens with zero attached hydrogens (tertiary/aromatic N) is 5. The fraction of sp³-hybridized carbons (Fsp3) is 0.471. The molecule has 3 aliphatic rings. The molecule has 3 aliphatic heterocycles. The number of anilines is 3. The van der Waals surface area contributed by atoms with Crippen molar-refractivity contribution in [3.8, 4) is 17.0 Å². The molecule has 3 fully saturated rings. The number of fused-ring (bicyclic) bond motifs is 1. The quantitative estimate of drug-likeness (QED) is 0.744. The van der Waals surface area contributed by atoms with Crippen molar-refractivity contribution in [1.82, 2.24) is 15.0 Å². The molecule has 2 N–H and O–H groups in total. The van der Waals surface area contributed by atoms with Crippen molar-refractivity contribution in [2.24, 2.45) is 0 Å². The molecule has 0 saturated carbocycles. The van der Waals surface area contributed by atoms with Gasteiger partial charge in [0, 0.05) is 24.4 Å². The van der Waals surface area contributed by atoms with Crippen LogP contribution in [0.1, 0.15) is 0 Å². The molecular formula is C17H16F4N6O2. The molecular weight excluding hydrogens is 396 g/mol. The molecule has 2 aromatic rings. The summed E-state index contributed by atoms with van der Waals surface area (Å²) in [6.45, 7) is -2.83. The Kier molecular flexibility index (Phi) is 3.95. The number of hydrogen-bond donors (Lipinski definition) is 1. The van der Waals surface area contributed by atoms with Gasteiger partial charge in [0.15, 0.2) is 11.6 Å². The van der Waals surface area contributed by atoms with E-state index in [0.29, 0.717) is 30.2 Å². The molecule has 1 unspecified atom stereocenters. The van der Waals surface area contributed by atoms with Crippen LogP contribution in [0.15, 0.2) is 18.3 Å². The first-order valence-electron chi connectivity index (χ1n) is 8.90. The van der Waals surface area contributed by atoms with Crippen molar-refractivity contribution < 1.29 is 27.0 Å². The monoisotopic (exact) mass is 412 g/mol. The van der Waals surface area contributed by atoms with E-state index < -0.39 is 25.6 Å². The molecule has 2 aromatic heterocycles. The number of rotatable bonds is 5. The lowest BCUT2D eigenvalue weighted by Gasteiger charge is -2.55. The zero-order valence-electron chi connectivity index (χ0n) is 14.9. The van der Waals surface area contributed by atoms with Crippen LogP contribution in [0.3, 0.4) is 0 Å². The number of nitrogen functional groups attached to an aromatic ring is 1. The zero-order valence-corrected chi connectivity index (χ0v) is 14.9. The van der Waals surface area contributed by atoms with Gasteiger partial charge in [0.2, 0.25) is 5.95 Å². The summed E-state index contributed by atoms with van der Waals surface area (Å²) >= 11 is 0. The number of halogens is 4. The Morgan fingerprint density at radius 3 is 2.62 bits per heavy atom. The Labute approximate surface area is 162 Å². The van der Waals surface area contributed by atoms with E-state index in [2.05, 4.69) is 19.7 Å². The summed E-state index contributed by atoms with van der Waals surface area (Å²) in [5.74, 6) is -2.57. The number of hydrogen-bond acceptors (Lipinski definition) is 8. The van der Waals surface area contributed by atoms with Crippen LogP contribution in [0.25, 0.3) is 11.3 Å². The number of ether oxygens (including phenoxy) is 2. The molecule has 0 aromatic carbocycles. The van der Waals surface area contributed by atoms with Gasteiger partial charge in [-0.2, -0.15) is 13.8 Å². The minimum Gasteiger partial charge on any atom is -0.431 e. The Balaban J connectivity index is 1.51. The van der Waals surface area contributed by atoms with E-state index in [0.717, 1.165) is 0 Å². The van der Waals surface area contributed by atoms with E-state index in [1.165, 1.54) is 17.2 Å². The maximum Gasteiger partial charge on any atom is 0.387 e. The van der Waals surface area contributed by atoms with Crippen molar-refractivity contribution in [2.45, 2.75) is 24.7 Å². The van der Waals surface area contributed by atoms with E-state index in [1.54, 1.807) is 6.07 Å². The van der Waals surface area contributed by atoms with Crippen molar-refractivity contribution in [3.63, 3.8) is 0 Å². The molecule has 12 heteroatoms. The number of alkyl halides is 4. The number of nitrogens with two attached hydrogens (primary N) is 1. The fourth-order valence-electron chi connectivity index (χ4n) is 3.54. The molecule has 0 radical (unpaired) electrons. The molecule has 0 aliphatic carbocycles. The van der Waals surface area contributed by atoms with E-state index in [9.17, 15) is 17.6 Å². The fourth-order valence-corrected chi connectivity index (χ4v) is 3.54. The third-order valence-electron chi connectivity index (χ3n) is 5.20. The summed E-state index contributed by atoms with van der Waals surface area (Å²) in [6.07, 6.45) is 1.51. The maximum atomic E-state index is 13.3. The molecule has 0 spiro atoms. The van der Waals surface area contributed by atoms with Crippen molar-refractivity contribution in [1.29, 1.82) is 0 Å². The van der Waals surface area contributed by atoms with Gasteiger partial charge >= 0.3 is 6.61 Å². The summed E-state index contributed by atoms with van der Waals surface area (Å²) in [5.41, 5.74) is 6.29. The SMILES string of the molecule is Nc1ncc(-c2cc(N3CC4OC[C@H]43)nc(N3CC(F)(F)C3)n2)cc1OC(F)F. The van der Waals surface area contributed by atoms with Crippen LogP contribution in [-0.2, 0) is 4.74 Å². The molecule has 29 heavy (non-hydrogen) atoms. The van der Waals surface area contributed by atoms with E-state index in [1.807, 2.05) is 4.90 Å². The molecule has 5 heterocycles. The second-order valence-corrected chi connectivity index (χ2v) is 7.20. The van der Waals surface area contributed by atoms with Crippen LogP contribution in [-0.4, -0.2) is 65.9 Å². The summed E-state index contributed by atoms with van der Waals surface area (Å²) in [7, 11) is 0. The Hall–Kier alpha value is -2.89. The highest BCUT2D eigenvalue weighted by Crippen LogP contribution is 2.38. The average Bonchev–Trinajstić information content (AvgIpc) is 2.63. The van der Waals surface area contributed by atoms with Crippen LogP contribution in [0.2, 0.25) is 0 Å². The molecule has 2 atom stereocenters. The first-order valence-corrected chi connectivity index (χ1v) is 8.90. The predicted molar refractivity (Wildman–Crippen MR) is 94.3 cm³/mol. The van der Waals surface area contributed by atoms with Crippen molar-refractivity contribution in [3.05, 3.63) is 18.3 Å². The highest BCUT2D eigenvalue weighted by Gasteiger charge is 2.49. The summed E-state index contributed by atoms with van der Waals surface area (Å²) in [6, 6.07) is 3.14. The van der Waals surface area contributed by atoms with E-state index in [-0.39, 0.29) is 29.7 Å². The van der Waals surface area contributed by atoms with Gasteiger partial charge in [0.1, 0.15) is 5.82 Å². The lowest BCUT2D eigenvalue weighted by Crippen LogP contribution is -2.71. The smallest absolute Gasteiger partial charge is 0.387 e. The molecule has 0 bridgehead atoms. The zero-order chi connectivity index (χ0) is 20.3. The summed E-state index contributed by atoms with van der Waals surface area (Å²) in [5, 5.41) is 0. The Bertz CT molecular complexity index is 954. The van der Waals surface area contributed by atoms with Crippen LogP contribution < -0.4 is 20.3 Å². The maximum absolute atomic E-state index is 13.3. The van der Waals surface area contributed by atoms with E-state index in [4.69, 9.17) is 10.5 Å². The van der Waals surface area contributed by atoms with Crippen LogP contribution >= 0.6 is 0 Å². The average molecular weight is 412 g/mol. The normalized spacial score (nSPS) is 24.4. The van der Waals surface area contributed by atoms with Gasteiger partial charge in [-0.1, -0.05) is 0 Å². The second-order valence-electron chi connectivity index (χ2n) is 7.20. The third-order valence-corrected chi connectivity index (χ3v) is 5.20. The first kappa shape index (κ1) is 18.2. The third kappa shape index (κ3) is 3.16. The number of aromatic nitrogens is 3.